The molecule has 16 heavy (non-hydrogen) atoms. The summed E-state index contributed by atoms with van der Waals surface area (Å²) in [5.74, 6) is 1.59. The molecule has 0 amide bonds. The molecule has 2 atom stereocenters. The van der Waals surface area contributed by atoms with E-state index in [-0.39, 0.29) is 0 Å². The molecule has 2 rings (SSSR count). The van der Waals surface area contributed by atoms with Crippen LogP contribution in [0.3, 0.4) is 0 Å². The molecule has 0 radical (unpaired) electrons. The molecular weight excluding hydrogens is 196 g/mol. The average Bonchev–Trinajstić information content (AvgIpc) is 2.26. The van der Waals surface area contributed by atoms with E-state index in [0.717, 1.165) is 30.6 Å². The quantitative estimate of drug-likeness (QED) is 0.734. The molecule has 1 aliphatic rings. The molecule has 2 heteroatoms. The molecule has 1 heterocycles. The molecule has 1 saturated heterocycles. The zero-order valence-corrected chi connectivity index (χ0v) is 10.5. The van der Waals surface area contributed by atoms with Gasteiger partial charge in [-0.25, -0.2) is 0 Å². The van der Waals surface area contributed by atoms with Crippen molar-refractivity contribution in [1.29, 1.82) is 0 Å². The third-order valence-electron chi connectivity index (χ3n) is 3.86. The van der Waals surface area contributed by atoms with Gasteiger partial charge >= 0.3 is 0 Å². The predicted molar refractivity (Wildman–Crippen MR) is 70.7 cm³/mol. The molecule has 0 bridgehead atoms. The Morgan fingerprint density at radius 2 is 2.00 bits per heavy atom. The van der Waals surface area contributed by atoms with Gasteiger partial charge in [-0.1, -0.05) is 19.9 Å². The Hall–Kier alpha value is -1.18. The molecule has 1 aliphatic heterocycles. The first kappa shape index (κ1) is 11.3. The van der Waals surface area contributed by atoms with Crippen molar-refractivity contribution < 1.29 is 0 Å². The number of aryl methyl sites for hydroxylation is 1. The number of benzene rings is 1. The topological polar surface area (TPSA) is 29.3 Å². The van der Waals surface area contributed by atoms with E-state index in [0.29, 0.717) is 0 Å². The smallest absolute Gasteiger partial charge is 0.0602 e. The molecular formula is C14H22N2. The Morgan fingerprint density at radius 1 is 1.25 bits per heavy atom. The van der Waals surface area contributed by atoms with Gasteiger partial charge in [-0.15, -0.1) is 0 Å². The molecule has 0 spiro atoms. The highest BCUT2D eigenvalue weighted by Crippen LogP contribution is 2.31. The van der Waals surface area contributed by atoms with Crippen LogP contribution in [0.1, 0.15) is 25.8 Å². The molecule has 1 aromatic carbocycles. The first-order valence-corrected chi connectivity index (χ1v) is 6.19. The van der Waals surface area contributed by atoms with Crippen LogP contribution in [-0.2, 0) is 0 Å². The van der Waals surface area contributed by atoms with Crippen LogP contribution in [0, 0.1) is 18.8 Å². The summed E-state index contributed by atoms with van der Waals surface area (Å²) in [5, 5.41) is 0. The average molecular weight is 218 g/mol. The summed E-state index contributed by atoms with van der Waals surface area (Å²) in [5.41, 5.74) is 9.48. The third kappa shape index (κ3) is 2.16. The van der Waals surface area contributed by atoms with Crippen LogP contribution in [0.5, 0.6) is 0 Å². The lowest BCUT2D eigenvalue weighted by Crippen LogP contribution is -2.38. The lowest BCUT2D eigenvalue weighted by molar-refractivity contribution is 0.324. The Kier molecular flexibility index (Phi) is 3.08. The molecule has 2 unspecified atom stereocenters. The van der Waals surface area contributed by atoms with Gasteiger partial charge in [-0.2, -0.15) is 0 Å². The maximum Gasteiger partial charge on any atom is 0.0602 e. The van der Waals surface area contributed by atoms with Crippen LogP contribution in [0.25, 0.3) is 0 Å². The van der Waals surface area contributed by atoms with Gasteiger partial charge in [0.25, 0.3) is 0 Å². The highest BCUT2D eigenvalue weighted by Gasteiger charge is 2.23. The van der Waals surface area contributed by atoms with Gasteiger partial charge in [0.15, 0.2) is 0 Å². The van der Waals surface area contributed by atoms with Crippen molar-refractivity contribution in [3.05, 3.63) is 23.8 Å². The molecule has 1 aromatic rings. The second-order valence-corrected chi connectivity index (χ2v) is 5.25. The zero-order valence-electron chi connectivity index (χ0n) is 10.5. The van der Waals surface area contributed by atoms with Gasteiger partial charge in [-0.3, -0.25) is 0 Å². The van der Waals surface area contributed by atoms with Crippen LogP contribution >= 0.6 is 0 Å². The van der Waals surface area contributed by atoms with Gasteiger partial charge in [0.2, 0.25) is 0 Å². The third-order valence-corrected chi connectivity index (χ3v) is 3.86. The minimum Gasteiger partial charge on any atom is -0.397 e. The Balaban J connectivity index is 2.21. The zero-order chi connectivity index (χ0) is 11.7. The number of hydrogen-bond donors (Lipinski definition) is 1. The first-order valence-electron chi connectivity index (χ1n) is 6.19. The number of anilines is 2. The van der Waals surface area contributed by atoms with E-state index in [1.807, 2.05) is 6.07 Å². The van der Waals surface area contributed by atoms with Crippen molar-refractivity contribution in [2.45, 2.75) is 27.2 Å². The second-order valence-electron chi connectivity index (χ2n) is 5.25. The van der Waals surface area contributed by atoms with Gasteiger partial charge in [0.1, 0.15) is 0 Å². The molecule has 2 nitrogen and oxygen atoms in total. The number of rotatable bonds is 1. The summed E-state index contributed by atoms with van der Waals surface area (Å²) in [6, 6.07) is 6.31. The normalized spacial score (nSPS) is 25.8. The largest absolute Gasteiger partial charge is 0.397 e. The number of nitrogens with two attached hydrogens (primary N) is 1. The minimum absolute atomic E-state index is 0.758. The van der Waals surface area contributed by atoms with E-state index >= 15 is 0 Å². The van der Waals surface area contributed by atoms with Crippen LogP contribution in [0.15, 0.2) is 18.2 Å². The fraction of sp³-hybridized carbons (Fsp3) is 0.571. The lowest BCUT2D eigenvalue weighted by Gasteiger charge is -2.37. The van der Waals surface area contributed by atoms with Crippen LogP contribution < -0.4 is 10.6 Å². The molecule has 88 valence electrons. The van der Waals surface area contributed by atoms with Crippen LogP contribution in [0.2, 0.25) is 0 Å². The minimum atomic E-state index is 0.758. The molecule has 1 fully saturated rings. The second kappa shape index (κ2) is 4.36. The van der Waals surface area contributed by atoms with Gasteiger partial charge in [0, 0.05) is 13.1 Å². The Morgan fingerprint density at radius 3 is 2.69 bits per heavy atom. The molecule has 0 saturated carbocycles. The van der Waals surface area contributed by atoms with E-state index in [9.17, 15) is 0 Å². The number of nitrogen functional groups attached to an aromatic ring is 1. The fourth-order valence-electron chi connectivity index (χ4n) is 2.41. The van der Waals surface area contributed by atoms with Crippen molar-refractivity contribution in [3.8, 4) is 0 Å². The monoisotopic (exact) mass is 218 g/mol. The summed E-state index contributed by atoms with van der Waals surface area (Å²) in [6.45, 7) is 9.08. The van der Waals surface area contributed by atoms with Crippen molar-refractivity contribution in [2.75, 3.05) is 23.7 Å². The molecule has 2 N–H and O–H groups in total. The molecule has 0 aromatic heterocycles. The summed E-state index contributed by atoms with van der Waals surface area (Å²) in [6.07, 6.45) is 1.27. The Labute approximate surface area is 98.4 Å². The Bertz CT molecular complexity index is 373. The highest BCUT2D eigenvalue weighted by atomic mass is 15.1. The van der Waals surface area contributed by atoms with E-state index in [1.54, 1.807) is 0 Å². The number of nitrogens with zero attached hydrogens (tertiary/aromatic N) is 1. The summed E-state index contributed by atoms with van der Waals surface area (Å²) in [4.78, 5) is 2.44. The van der Waals surface area contributed by atoms with E-state index < -0.39 is 0 Å². The van der Waals surface area contributed by atoms with Gasteiger partial charge in [-0.05, 0) is 42.9 Å². The first-order chi connectivity index (χ1) is 7.58. The summed E-state index contributed by atoms with van der Waals surface area (Å²) < 4.78 is 0. The maximum absolute atomic E-state index is 6.06. The van der Waals surface area contributed by atoms with E-state index in [1.165, 1.54) is 17.7 Å². The number of hydrogen-bond acceptors (Lipinski definition) is 2. The highest BCUT2D eigenvalue weighted by molar-refractivity contribution is 5.68. The van der Waals surface area contributed by atoms with Crippen molar-refractivity contribution in [3.63, 3.8) is 0 Å². The van der Waals surface area contributed by atoms with E-state index in [2.05, 4.69) is 37.8 Å². The van der Waals surface area contributed by atoms with Crippen LogP contribution in [-0.4, -0.2) is 13.1 Å². The maximum atomic E-state index is 6.06. The number of piperidine rings is 1. The van der Waals surface area contributed by atoms with E-state index in [4.69, 9.17) is 5.73 Å². The van der Waals surface area contributed by atoms with Gasteiger partial charge in [0.05, 0.1) is 11.4 Å². The fourth-order valence-corrected chi connectivity index (χ4v) is 2.41. The summed E-state index contributed by atoms with van der Waals surface area (Å²) in [7, 11) is 0. The summed E-state index contributed by atoms with van der Waals surface area (Å²) >= 11 is 0. The lowest BCUT2D eigenvalue weighted by atomic mass is 9.88. The standard InChI is InChI=1S/C14H22N2/c1-10-4-5-13(15)14(8-10)16-7-6-11(2)12(3)9-16/h4-5,8,11-12H,6-7,9,15H2,1-3H3. The SMILES string of the molecule is Cc1ccc(N)c(N2CCC(C)C(C)C2)c1. The predicted octanol–water partition coefficient (Wildman–Crippen LogP) is 3.06. The molecule has 0 aliphatic carbocycles. The van der Waals surface area contributed by atoms with Gasteiger partial charge < -0.3 is 10.6 Å². The van der Waals surface area contributed by atoms with Crippen molar-refractivity contribution in [2.24, 2.45) is 11.8 Å². The van der Waals surface area contributed by atoms with Crippen molar-refractivity contribution in [1.82, 2.24) is 0 Å². The van der Waals surface area contributed by atoms with Crippen molar-refractivity contribution >= 4 is 11.4 Å². The van der Waals surface area contributed by atoms with Crippen LogP contribution in [0.4, 0.5) is 11.4 Å².